The average Bonchev–Trinajstić information content (AvgIpc) is 2.90. The van der Waals surface area contributed by atoms with Crippen LogP contribution in [0.3, 0.4) is 0 Å². The molecule has 0 aromatic rings. The Balaban J connectivity index is 1.33. The number of amides is 4. The SMILES string of the molecule is COC(=O)[C@H]1C[NH+](CN2C(=O)C(=O)N(C34CC5CC(CC(C5)C3)C4)C2=O)CCS1. The molecule has 2 atom stereocenters. The minimum absolute atomic E-state index is 0.139. The minimum atomic E-state index is -0.703. The lowest BCUT2D eigenvalue weighted by atomic mass is 9.52. The van der Waals surface area contributed by atoms with E-state index in [2.05, 4.69) is 0 Å². The number of carbonyl (C=O) groups is 4. The lowest BCUT2D eigenvalue weighted by Gasteiger charge is -2.58. The standard InChI is InChI=1S/C20H27N3O5S/c1-28-18(26)15-10-21(2-3-29-15)11-22-16(24)17(25)23(19(22)27)20-7-12-4-13(8-20)6-14(5-12)9-20/h12-15H,2-11H2,1H3/p+1/t12?,13?,14?,15-,20?/m1/s1. The number of urea groups is 1. The van der Waals surface area contributed by atoms with Crippen LogP contribution in [0.1, 0.15) is 38.5 Å². The smallest absolute Gasteiger partial charge is 0.339 e. The summed E-state index contributed by atoms with van der Waals surface area (Å²) in [4.78, 5) is 54.3. The highest BCUT2D eigenvalue weighted by Crippen LogP contribution is 2.58. The first-order chi connectivity index (χ1) is 13.9. The van der Waals surface area contributed by atoms with Gasteiger partial charge in [0.05, 0.1) is 19.2 Å². The molecule has 8 nitrogen and oxygen atoms in total. The van der Waals surface area contributed by atoms with Crippen LogP contribution in [0.2, 0.25) is 0 Å². The van der Waals surface area contributed by atoms with Crippen molar-refractivity contribution < 1.29 is 28.8 Å². The van der Waals surface area contributed by atoms with Crippen LogP contribution >= 0.6 is 11.8 Å². The van der Waals surface area contributed by atoms with E-state index in [0.29, 0.717) is 24.3 Å². The van der Waals surface area contributed by atoms with Crippen LogP contribution in [0.5, 0.6) is 0 Å². The molecule has 158 valence electrons. The Morgan fingerprint density at radius 2 is 1.72 bits per heavy atom. The lowest BCUT2D eigenvalue weighted by molar-refractivity contribution is -0.905. The van der Waals surface area contributed by atoms with E-state index in [4.69, 9.17) is 4.74 Å². The van der Waals surface area contributed by atoms with Gasteiger partial charge < -0.3 is 9.64 Å². The third-order valence-corrected chi connectivity index (χ3v) is 8.83. The first-order valence-corrected chi connectivity index (χ1v) is 11.7. The second-order valence-corrected chi connectivity index (χ2v) is 10.9. The number of nitrogens with zero attached hydrogens (tertiary/aromatic N) is 2. The number of hydrogen-bond donors (Lipinski definition) is 1. The van der Waals surface area contributed by atoms with Crippen LogP contribution in [0.25, 0.3) is 0 Å². The van der Waals surface area contributed by atoms with E-state index in [1.54, 1.807) is 0 Å². The first kappa shape index (κ1) is 19.4. The predicted molar refractivity (Wildman–Crippen MR) is 104 cm³/mol. The molecular formula is C20H28N3O5S+. The maximum atomic E-state index is 13.3. The van der Waals surface area contributed by atoms with E-state index in [0.717, 1.165) is 41.4 Å². The van der Waals surface area contributed by atoms with Crippen molar-refractivity contribution in [3.8, 4) is 0 Å². The van der Waals surface area contributed by atoms with Crippen molar-refractivity contribution in [1.82, 2.24) is 9.80 Å². The molecule has 9 heteroatoms. The van der Waals surface area contributed by atoms with E-state index in [-0.39, 0.29) is 17.9 Å². The van der Waals surface area contributed by atoms with Gasteiger partial charge in [0.25, 0.3) is 0 Å². The lowest BCUT2D eigenvalue weighted by Crippen LogP contribution is -3.16. The second kappa shape index (κ2) is 6.97. The number of methoxy groups -OCH3 is 1. The van der Waals surface area contributed by atoms with Crippen LogP contribution in [0.15, 0.2) is 0 Å². The van der Waals surface area contributed by atoms with Gasteiger partial charge in [0.1, 0.15) is 6.54 Å². The number of rotatable bonds is 4. The van der Waals surface area contributed by atoms with Crippen LogP contribution in [-0.2, 0) is 19.1 Å². The van der Waals surface area contributed by atoms with Crippen molar-refractivity contribution in [3.05, 3.63) is 0 Å². The van der Waals surface area contributed by atoms with Gasteiger partial charge >= 0.3 is 23.8 Å². The van der Waals surface area contributed by atoms with Crippen LogP contribution in [0, 0.1) is 17.8 Å². The highest BCUT2D eigenvalue weighted by atomic mass is 32.2. The molecule has 1 unspecified atom stereocenters. The van der Waals surface area contributed by atoms with Crippen molar-refractivity contribution in [2.75, 3.05) is 32.6 Å². The quantitative estimate of drug-likeness (QED) is 0.386. The summed E-state index contributed by atoms with van der Waals surface area (Å²) in [5.74, 6) is 0.860. The summed E-state index contributed by atoms with van der Waals surface area (Å²) in [6, 6.07) is -0.442. The van der Waals surface area contributed by atoms with E-state index >= 15 is 0 Å². The van der Waals surface area contributed by atoms with Gasteiger partial charge in [-0.3, -0.25) is 14.4 Å². The topological polar surface area (TPSA) is 88.4 Å². The van der Waals surface area contributed by atoms with E-state index in [1.807, 2.05) is 0 Å². The fourth-order valence-electron chi connectivity index (χ4n) is 6.82. The summed E-state index contributed by atoms with van der Waals surface area (Å²) >= 11 is 1.54. The molecule has 6 rings (SSSR count). The zero-order chi connectivity index (χ0) is 20.3. The van der Waals surface area contributed by atoms with Crippen LogP contribution < -0.4 is 4.90 Å². The molecule has 0 aromatic heterocycles. The van der Waals surface area contributed by atoms with Crippen molar-refractivity contribution >= 4 is 35.6 Å². The molecule has 2 heterocycles. The Hall–Kier alpha value is -1.61. The van der Waals surface area contributed by atoms with E-state index < -0.39 is 23.4 Å². The Morgan fingerprint density at radius 3 is 2.31 bits per heavy atom. The third kappa shape index (κ3) is 3.08. The average molecular weight is 423 g/mol. The van der Waals surface area contributed by atoms with Gasteiger partial charge in [0, 0.05) is 5.75 Å². The minimum Gasteiger partial charge on any atom is -0.468 e. The molecule has 29 heavy (non-hydrogen) atoms. The second-order valence-electron chi connectivity index (χ2n) is 9.54. The van der Waals surface area contributed by atoms with Crippen LogP contribution in [-0.4, -0.2) is 77.0 Å². The maximum Gasteiger partial charge on any atom is 0.339 e. The van der Waals surface area contributed by atoms with Crippen molar-refractivity contribution in [2.45, 2.75) is 49.3 Å². The van der Waals surface area contributed by atoms with Gasteiger partial charge in [0.2, 0.25) is 0 Å². The summed E-state index contributed by atoms with van der Waals surface area (Å²) in [5.41, 5.74) is -0.449. The van der Waals surface area contributed by atoms with E-state index in [9.17, 15) is 19.2 Å². The summed E-state index contributed by atoms with van der Waals surface area (Å²) in [5, 5.41) is -0.300. The molecule has 2 saturated heterocycles. The maximum absolute atomic E-state index is 13.3. The molecule has 2 aliphatic heterocycles. The molecule has 6 aliphatic rings. The largest absolute Gasteiger partial charge is 0.468 e. The number of esters is 1. The number of quaternary nitrogens is 1. The molecule has 6 fully saturated rings. The molecule has 0 radical (unpaired) electrons. The van der Waals surface area contributed by atoms with E-state index in [1.165, 1.54) is 43.0 Å². The van der Waals surface area contributed by atoms with Crippen molar-refractivity contribution in [3.63, 3.8) is 0 Å². The molecular weight excluding hydrogens is 394 g/mol. The molecule has 0 aromatic carbocycles. The number of hydrogen-bond acceptors (Lipinski definition) is 6. The van der Waals surface area contributed by atoms with Gasteiger partial charge in [-0.15, -0.1) is 11.8 Å². The Kier molecular flexibility index (Phi) is 4.66. The van der Waals surface area contributed by atoms with Crippen LogP contribution in [0.4, 0.5) is 4.79 Å². The monoisotopic (exact) mass is 422 g/mol. The van der Waals surface area contributed by atoms with Gasteiger partial charge in [-0.2, -0.15) is 0 Å². The van der Waals surface area contributed by atoms with Gasteiger partial charge in [-0.05, 0) is 56.3 Å². The summed E-state index contributed by atoms with van der Waals surface area (Å²) < 4.78 is 4.84. The molecule has 4 bridgehead atoms. The fourth-order valence-corrected chi connectivity index (χ4v) is 8.10. The third-order valence-electron chi connectivity index (χ3n) is 7.63. The highest BCUT2D eigenvalue weighted by molar-refractivity contribution is 8.00. The molecule has 4 saturated carbocycles. The number of thioether (sulfide) groups is 1. The number of carbonyl (C=O) groups excluding carboxylic acids is 4. The number of nitrogens with one attached hydrogen (secondary N) is 1. The Bertz CT molecular complexity index is 736. The summed E-state index contributed by atoms with van der Waals surface area (Å²) in [6.45, 7) is 1.36. The van der Waals surface area contributed by atoms with Gasteiger partial charge in [0.15, 0.2) is 11.9 Å². The fraction of sp³-hybridized carbons (Fsp3) is 0.800. The number of ether oxygens (including phenoxy) is 1. The zero-order valence-corrected chi connectivity index (χ0v) is 17.5. The molecule has 0 spiro atoms. The van der Waals surface area contributed by atoms with Gasteiger partial charge in [-0.25, -0.2) is 14.6 Å². The number of imide groups is 2. The van der Waals surface area contributed by atoms with Crippen molar-refractivity contribution in [2.24, 2.45) is 17.8 Å². The zero-order valence-electron chi connectivity index (χ0n) is 16.7. The Morgan fingerprint density at radius 1 is 1.10 bits per heavy atom. The predicted octanol–water partition coefficient (Wildman–Crippen LogP) is -0.123. The molecule has 1 N–H and O–H groups in total. The summed E-state index contributed by atoms with van der Waals surface area (Å²) in [7, 11) is 1.37. The normalized spacial score (nSPS) is 41.4. The van der Waals surface area contributed by atoms with Crippen molar-refractivity contribution in [1.29, 1.82) is 0 Å². The molecule has 4 amide bonds. The first-order valence-electron chi connectivity index (χ1n) is 10.6. The summed E-state index contributed by atoms with van der Waals surface area (Å²) in [6.07, 6.45) is 6.19. The molecule has 4 aliphatic carbocycles. The highest BCUT2D eigenvalue weighted by Gasteiger charge is 2.61. The van der Waals surface area contributed by atoms with Gasteiger partial charge in [-0.1, -0.05) is 0 Å². The Labute approximate surface area is 174 Å².